The number of fused-ring (bicyclic) bond motifs is 1. The summed E-state index contributed by atoms with van der Waals surface area (Å²) in [5.41, 5.74) is 15.7. The number of halogens is 1. The Balaban J connectivity index is 1.27. The first-order chi connectivity index (χ1) is 16.6. The monoisotopic (exact) mass is 478 g/mol. The number of benzene rings is 1. The van der Waals surface area contributed by atoms with E-state index < -0.39 is 0 Å². The lowest BCUT2D eigenvalue weighted by atomic mass is 9.92. The number of H-pyrrole nitrogens is 1. The summed E-state index contributed by atoms with van der Waals surface area (Å²) in [6, 6.07) is 8.10. The molecule has 10 nitrogen and oxygen atoms in total. The Kier molecular flexibility index (Phi) is 6.41. The molecule has 0 saturated heterocycles. The van der Waals surface area contributed by atoms with Crippen molar-refractivity contribution < 1.29 is 0 Å². The second-order valence-electron chi connectivity index (χ2n) is 8.54. The smallest absolute Gasteiger partial charge is 0.224 e. The molecule has 11 heteroatoms. The molecule has 1 aliphatic rings. The molecule has 1 fully saturated rings. The molecule has 0 amide bonds. The van der Waals surface area contributed by atoms with Gasteiger partial charge >= 0.3 is 0 Å². The SMILES string of the molecule is Nc1c(Cl)cccc1CCNc1nccc(-c2[nH]nc3nc(NC4CCC(N)CC4)ncc23)n1. The molecule has 34 heavy (non-hydrogen) atoms. The number of para-hydroxylation sites is 1. The van der Waals surface area contributed by atoms with E-state index in [2.05, 4.69) is 40.8 Å². The zero-order chi connectivity index (χ0) is 23.5. The second kappa shape index (κ2) is 9.78. The first kappa shape index (κ1) is 22.3. The van der Waals surface area contributed by atoms with E-state index in [-0.39, 0.29) is 0 Å². The van der Waals surface area contributed by atoms with Crippen molar-refractivity contribution in [2.75, 3.05) is 22.9 Å². The fourth-order valence-electron chi connectivity index (χ4n) is 4.21. The average Bonchev–Trinajstić information content (AvgIpc) is 3.27. The highest BCUT2D eigenvalue weighted by molar-refractivity contribution is 6.33. The van der Waals surface area contributed by atoms with Crippen molar-refractivity contribution >= 4 is 40.2 Å². The van der Waals surface area contributed by atoms with Gasteiger partial charge in [0.25, 0.3) is 0 Å². The van der Waals surface area contributed by atoms with Gasteiger partial charge in [0, 0.05) is 31.0 Å². The summed E-state index contributed by atoms with van der Waals surface area (Å²) in [5, 5.41) is 15.4. The Bertz CT molecular complexity index is 1280. The lowest BCUT2D eigenvalue weighted by Crippen LogP contribution is -2.33. The second-order valence-corrected chi connectivity index (χ2v) is 8.95. The minimum atomic E-state index is 0.303. The van der Waals surface area contributed by atoms with Gasteiger partial charge in [0.15, 0.2) is 5.65 Å². The van der Waals surface area contributed by atoms with E-state index >= 15 is 0 Å². The maximum absolute atomic E-state index is 6.10. The lowest BCUT2D eigenvalue weighted by Gasteiger charge is -2.26. The summed E-state index contributed by atoms with van der Waals surface area (Å²) >= 11 is 6.10. The number of hydrogen-bond donors (Lipinski definition) is 5. The van der Waals surface area contributed by atoms with Crippen LogP contribution in [0.25, 0.3) is 22.4 Å². The number of aromatic nitrogens is 6. The van der Waals surface area contributed by atoms with E-state index in [0.717, 1.165) is 42.3 Å². The van der Waals surface area contributed by atoms with E-state index in [9.17, 15) is 0 Å². The third-order valence-electron chi connectivity index (χ3n) is 6.15. The van der Waals surface area contributed by atoms with Crippen LogP contribution in [-0.4, -0.2) is 48.8 Å². The van der Waals surface area contributed by atoms with Crippen molar-refractivity contribution in [1.82, 2.24) is 30.1 Å². The highest BCUT2D eigenvalue weighted by atomic mass is 35.5. The van der Waals surface area contributed by atoms with E-state index in [1.54, 1.807) is 18.5 Å². The van der Waals surface area contributed by atoms with E-state index in [4.69, 9.17) is 23.1 Å². The van der Waals surface area contributed by atoms with Crippen LogP contribution in [0.2, 0.25) is 5.02 Å². The standard InChI is InChI=1S/C23H27ClN10/c24-17-3-1-2-13(19(17)26)8-10-27-22-28-11-9-18(31-22)20-16-12-29-23(32-21(16)34-33-20)30-15-6-4-14(25)5-7-15/h1-3,9,11-12,14-15H,4-8,10,25-26H2,(H,27,28,31)(H2,29,30,32,33,34). The molecule has 0 spiro atoms. The van der Waals surface area contributed by atoms with Crippen molar-refractivity contribution in [1.29, 1.82) is 0 Å². The van der Waals surface area contributed by atoms with Crippen molar-refractivity contribution in [3.63, 3.8) is 0 Å². The van der Waals surface area contributed by atoms with Gasteiger partial charge in [-0.3, -0.25) is 5.10 Å². The van der Waals surface area contributed by atoms with Gasteiger partial charge in [0.05, 0.1) is 27.5 Å². The summed E-state index contributed by atoms with van der Waals surface area (Å²) in [4.78, 5) is 18.0. The predicted octanol–water partition coefficient (Wildman–Crippen LogP) is 3.38. The van der Waals surface area contributed by atoms with E-state index in [0.29, 0.717) is 59.0 Å². The van der Waals surface area contributed by atoms with Gasteiger partial charge in [-0.25, -0.2) is 15.0 Å². The summed E-state index contributed by atoms with van der Waals surface area (Å²) < 4.78 is 0. The Morgan fingerprint density at radius 3 is 2.76 bits per heavy atom. The third-order valence-corrected chi connectivity index (χ3v) is 6.48. The molecule has 0 atom stereocenters. The maximum Gasteiger partial charge on any atom is 0.224 e. The van der Waals surface area contributed by atoms with Crippen molar-refractivity contribution in [3.8, 4) is 11.4 Å². The number of rotatable bonds is 7. The molecule has 0 unspecified atom stereocenters. The number of nitrogens with zero attached hydrogens (tertiary/aromatic N) is 5. The maximum atomic E-state index is 6.10. The molecular weight excluding hydrogens is 452 g/mol. The lowest BCUT2D eigenvalue weighted by molar-refractivity contribution is 0.410. The minimum absolute atomic E-state index is 0.303. The molecule has 3 aromatic heterocycles. The van der Waals surface area contributed by atoms with Crippen LogP contribution < -0.4 is 22.1 Å². The number of anilines is 3. The molecular formula is C23H27ClN10. The summed E-state index contributed by atoms with van der Waals surface area (Å²) in [7, 11) is 0. The van der Waals surface area contributed by atoms with Crippen molar-refractivity contribution in [2.45, 2.75) is 44.2 Å². The Morgan fingerprint density at radius 2 is 1.91 bits per heavy atom. The molecule has 0 aliphatic heterocycles. The Labute approximate surface area is 201 Å². The number of nitrogen functional groups attached to an aromatic ring is 1. The Morgan fingerprint density at radius 1 is 1.06 bits per heavy atom. The van der Waals surface area contributed by atoms with Crippen LogP contribution in [0.15, 0.2) is 36.7 Å². The van der Waals surface area contributed by atoms with Crippen molar-refractivity contribution in [3.05, 3.63) is 47.2 Å². The molecule has 4 aromatic rings. The topological polar surface area (TPSA) is 156 Å². The zero-order valence-electron chi connectivity index (χ0n) is 18.6. The molecule has 0 radical (unpaired) electrons. The van der Waals surface area contributed by atoms with Gasteiger partial charge in [-0.2, -0.15) is 10.1 Å². The third kappa shape index (κ3) is 4.87. The van der Waals surface area contributed by atoms with Crippen LogP contribution in [0.5, 0.6) is 0 Å². The van der Waals surface area contributed by atoms with Crippen LogP contribution in [0, 0.1) is 0 Å². The molecule has 0 bridgehead atoms. The van der Waals surface area contributed by atoms with Gasteiger partial charge < -0.3 is 22.1 Å². The fraction of sp³-hybridized carbons (Fsp3) is 0.348. The minimum Gasteiger partial charge on any atom is -0.397 e. The number of hydrogen-bond acceptors (Lipinski definition) is 9. The normalized spacial score (nSPS) is 18.2. The van der Waals surface area contributed by atoms with Gasteiger partial charge in [0.1, 0.15) is 0 Å². The molecule has 3 heterocycles. The summed E-state index contributed by atoms with van der Waals surface area (Å²) in [6.07, 6.45) is 8.25. The first-order valence-electron chi connectivity index (χ1n) is 11.4. The van der Waals surface area contributed by atoms with Crippen LogP contribution in [0.1, 0.15) is 31.2 Å². The quantitative estimate of drug-likeness (QED) is 0.251. The van der Waals surface area contributed by atoms with Gasteiger partial charge in [-0.1, -0.05) is 23.7 Å². The number of nitrogens with two attached hydrogens (primary N) is 2. The fourth-order valence-corrected chi connectivity index (χ4v) is 4.40. The van der Waals surface area contributed by atoms with Crippen molar-refractivity contribution in [2.24, 2.45) is 5.73 Å². The van der Waals surface area contributed by atoms with Crippen LogP contribution in [0.4, 0.5) is 17.6 Å². The Hall–Kier alpha value is -3.50. The number of aromatic amines is 1. The van der Waals surface area contributed by atoms with Gasteiger partial charge in [-0.05, 0) is 49.8 Å². The van der Waals surface area contributed by atoms with E-state index in [1.165, 1.54) is 0 Å². The molecule has 1 saturated carbocycles. The summed E-state index contributed by atoms with van der Waals surface area (Å²) in [6.45, 7) is 0.613. The highest BCUT2D eigenvalue weighted by Crippen LogP contribution is 2.26. The molecule has 5 rings (SSSR count). The van der Waals surface area contributed by atoms with Crippen LogP contribution >= 0.6 is 11.6 Å². The molecule has 7 N–H and O–H groups in total. The number of nitrogens with one attached hydrogen (secondary N) is 3. The molecule has 176 valence electrons. The van der Waals surface area contributed by atoms with Crippen LogP contribution in [-0.2, 0) is 6.42 Å². The molecule has 1 aliphatic carbocycles. The largest absolute Gasteiger partial charge is 0.397 e. The predicted molar refractivity (Wildman–Crippen MR) is 135 cm³/mol. The average molecular weight is 479 g/mol. The highest BCUT2D eigenvalue weighted by Gasteiger charge is 2.20. The van der Waals surface area contributed by atoms with Crippen LogP contribution in [0.3, 0.4) is 0 Å². The van der Waals surface area contributed by atoms with Gasteiger partial charge in [0.2, 0.25) is 11.9 Å². The molecule has 1 aromatic carbocycles. The zero-order valence-corrected chi connectivity index (χ0v) is 19.4. The first-order valence-corrected chi connectivity index (χ1v) is 11.8. The summed E-state index contributed by atoms with van der Waals surface area (Å²) in [5.74, 6) is 1.09. The van der Waals surface area contributed by atoms with Gasteiger partial charge in [-0.15, -0.1) is 0 Å². The van der Waals surface area contributed by atoms with E-state index in [1.807, 2.05) is 18.2 Å².